The Balaban J connectivity index is -0.000000000111. The summed E-state index contributed by atoms with van der Waals surface area (Å²) in [5.74, 6) is 0. The Morgan fingerprint density at radius 3 is 0.333 bits per heavy atom. The molecule has 0 saturated heterocycles. The first-order valence-electron chi connectivity index (χ1n) is 0.200. The van der Waals surface area contributed by atoms with Gasteiger partial charge in [0.05, 0.1) is 0 Å². The van der Waals surface area contributed by atoms with Crippen LogP contribution >= 0.6 is 23.3 Å². The fourth-order valence-corrected chi connectivity index (χ4v) is 0. The van der Waals surface area contributed by atoms with Crippen molar-refractivity contribution in [2.24, 2.45) is 0 Å². The number of hydrogen-bond donors (Lipinski definition) is 2. The molecule has 0 aliphatic carbocycles. The summed E-state index contributed by atoms with van der Waals surface area (Å²) in [5, 5.41) is 0. The van der Waals surface area contributed by atoms with Gasteiger partial charge in [-0.15, -0.1) is 23.3 Å². The first kappa shape index (κ1) is 371. The summed E-state index contributed by atoms with van der Waals surface area (Å²) in [6.07, 6.45) is 0. The van der Waals surface area contributed by atoms with Gasteiger partial charge in [-0.25, -0.2) is 0 Å². The summed E-state index contributed by atoms with van der Waals surface area (Å²) in [6.45, 7) is 0. The molecule has 0 amide bonds. The van der Waals surface area contributed by atoms with Crippen molar-refractivity contribution in [3.05, 3.63) is 0 Å². The second-order valence-electron chi connectivity index (χ2n) is 0. The molecule has 0 aromatic carbocycles. The van der Waals surface area contributed by atoms with Crippen molar-refractivity contribution in [3.63, 3.8) is 0 Å². The minimum absolute atomic E-state index is 0. The van der Waals surface area contributed by atoms with E-state index in [1.165, 1.54) is 0 Å². The predicted molar refractivity (Wildman–Crippen MR) is 57.6 cm³/mol. The molecule has 0 aliphatic rings. The third-order valence-corrected chi connectivity index (χ3v) is 0. The van der Waals surface area contributed by atoms with Crippen molar-refractivity contribution in [2.75, 3.05) is 0 Å². The van der Waals surface area contributed by atoms with Gasteiger partial charge in [0.25, 0.3) is 0 Å². The van der Waals surface area contributed by atoms with Crippen molar-refractivity contribution in [3.8, 4) is 0 Å². The summed E-state index contributed by atoms with van der Waals surface area (Å²) in [7, 11) is 0. The molecule has 0 fully saturated rings. The molecule has 0 saturated carbocycles. The summed E-state index contributed by atoms with van der Waals surface area (Å²) in [4.78, 5) is 0. The normalized spacial score (nSPS) is 0.500. The standard InChI is InChI=1S/Na.9H2O.H2S2.H/c;;;;;;;;;;1-2;/h;9*1H2;1-2H;. The van der Waals surface area contributed by atoms with Crippen LogP contribution in [0.3, 0.4) is 0 Å². The average molecular weight is 252 g/mol. The minimum atomic E-state index is 0. The molecule has 0 aliphatic heterocycles. The van der Waals surface area contributed by atoms with Crippen LogP contribution in [0, 0.1) is 0 Å². The Morgan fingerprint density at radius 1 is 0.333 bits per heavy atom. The van der Waals surface area contributed by atoms with Gasteiger partial charge in [0, 0.05) is 0 Å². The van der Waals surface area contributed by atoms with E-state index in [0.717, 1.165) is 0 Å². The van der Waals surface area contributed by atoms with Crippen molar-refractivity contribution in [2.45, 2.75) is 0 Å². The predicted octanol–water partition coefficient (Wildman–Crippen LogP) is -7.31. The molecule has 0 rings (SSSR count). The Kier molecular flexibility index (Phi) is 27300. The van der Waals surface area contributed by atoms with E-state index in [2.05, 4.69) is 23.3 Å². The zero-order valence-electron chi connectivity index (χ0n) is 5.39. The van der Waals surface area contributed by atoms with Crippen molar-refractivity contribution < 1.29 is 49.3 Å². The quantitative estimate of drug-likeness (QED) is 0.230. The topological polar surface area (TPSA) is 284 Å². The third kappa shape index (κ3) is 675. The number of thiol groups is 2. The molecule has 12 heavy (non-hydrogen) atoms. The molecule has 0 heterocycles. The number of hydrogen-bond acceptors (Lipinski definition) is 2. The van der Waals surface area contributed by atoms with E-state index in [0.29, 0.717) is 0 Å². The van der Waals surface area contributed by atoms with Gasteiger partial charge in [-0.2, -0.15) is 0 Å². The summed E-state index contributed by atoms with van der Waals surface area (Å²) in [5.41, 5.74) is 0. The maximum atomic E-state index is 3.22. The van der Waals surface area contributed by atoms with Crippen LogP contribution in [0.15, 0.2) is 0 Å². The van der Waals surface area contributed by atoms with Gasteiger partial charge in [0.15, 0.2) is 0 Å². The zero-order valence-corrected chi connectivity index (χ0v) is 7.18. The fourth-order valence-electron chi connectivity index (χ4n) is 0. The van der Waals surface area contributed by atoms with Gasteiger partial charge >= 0.3 is 29.6 Å². The van der Waals surface area contributed by atoms with Crippen molar-refractivity contribution in [1.29, 1.82) is 0 Å². The zero-order chi connectivity index (χ0) is 2.00. The number of rotatable bonds is 0. The van der Waals surface area contributed by atoms with E-state index in [9.17, 15) is 0 Å². The van der Waals surface area contributed by atoms with E-state index in [1.54, 1.807) is 0 Å². The van der Waals surface area contributed by atoms with Crippen LogP contribution in [0.5, 0.6) is 0 Å². The molecule has 9 nitrogen and oxygen atoms in total. The Labute approximate surface area is 102 Å². The van der Waals surface area contributed by atoms with E-state index in [1.807, 2.05) is 0 Å². The van der Waals surface area contributed by atoms with E-state index < -0.39 is 0 Å². The van der Waals surface area contributed by atoms with Gasteiger partial charge < -0.3 is 49.3 Å². The molecule has 88 valence electrons. The molecule has 0 spiro atoms. The van der Waals surface area contributed by atoms with Crippen LogP contribution in [0.2, 0.25) is 0 Å². The van der Waals surface area contributed by atoms with Gasteiger partial charge in [0.1, 0.15) is 0 Å². The van der Waals surface area contributed by atoms with Crippen molar-refractivity contribution >= 4 is 52.9 Å². The van der Waals surface area contributed by atoms with Gasteiger partial charge in [0.2, 0.25) is 0 Å². The van der Waals surface area contributed by atoms with Gasteiger partial charge in [-0.05, 0) is 0 Å². The summed E-state index contributed by atoms with van der Waals surface area (Å²) in [6, 6.07) is 0. The molecule has 0 aromatic rings. The molecule has 0 radical (unpaired) electrons. The van der Waals surface area contributed by atoms with E-state index in [-0.39, 0.29) is 78.8 Å². The first-order chi connectivity index (χ1) is 1.00. The van der Waals surface area contributed by atoms with Crippen LogP contribution in [-0.2, 0) is 0 Å². The summed E-state index contributed by atoms with van der Waals surface area (Å²) < 4.78 is 0. The van der Waals surface area contributed by atoms with Crippen molar-refractivity contribution in [1.82, 2.24) is 0 Å². The van der Waals surface area contributed by atoms with E-state index in [4.69, 9.17) is 0 Å². The SMILES string of the molecule is O.O.O.O.O.O.O.O.O.SS.[NaH]. The van der Waals surface area contributed by atoms with Crippen LogP contribution in [0.25, 0.3) is 0 Å². The van der Waals surface area contributed by atoms with Gasteiger partial charge in [-0.1, -0.05) is 0 Å². The molecule has 0 bridgehead atoms. The fraction of sp³-hybridized carbons (Fsp3) is 0. The molecule has 0 unspecified atom stereocenters. The van der Waals surface area contributed by atoms with Gasteiger partial charge in [-0.3, -0.25) is 0 Å². The third-order valence-electron chi connectivity index (χ3n) is 0. The first-order valence-corrected chi connectivity index (χ1v) is 1.80. The molecular weight excluding hydrogens is 231 g/mol. The Hall–Kier alpha value is 1.34. The van der Waals surface area contributed by atoms with Crippen LogP contribution in [-0.4, -0.2) is 78.8 Å². The Bertz CT molecular complexity index is 12.5. The average Bonchev–Trinajstić information content (AvgIpc) is 1.00. The summed E-state index contributed by atoms with van der Waals surface area (Å²) >= 11 is 6.44. The maximum absolute atomic E-state index is 3.22. The molecule has 12 heteroatoms. The Morgan fingerprint density at radius 2 is 0.333 bits per heavy atom. The molecule has 0 aromatic heterocycles. The molecule has 0 atom stereocenters. The van der Waals surface area contributed by atoms with Crippen LogP contribution in [0.4, 0.5) is 0 Å². The van der Waals surface area contributed by atoms with Crippen LogP contribution < -0.4 is 0 Å². The van der Waals surface area contributed by atoms with Crippen LogP contribution in [0.1, 0.15) is 0 Å². The molecular formula is H21NaO9S2. The monoisotopic (exact) mass is 252 g/mol. The second-order valence-corrected chi connectivity index (χ2v) is 0. The van der Waals surface area contributed by atoms with E-state index >= 15 is 0 Å². The molecule has 18 N–H and O–H groups in total. The second kappa shape index (κ2) is 884.